The molecule has 2 aliphatic rings. The van der Waals surface area contributed by atoms with Crippen molar-refractivity contribution in [3.63, 3.8) is 0 Å². The summed E-state index contributed by atoms with van der Waals surface area (Å²) in [6.07, 6.45) is 2.68. The Bertz CT molecular complexity index is 414. The van der Waals surface area contributed by atoms with E-state index in [0.717, 1.165) is 32.2 Å². The Hall–Kier alpha value is -0.940. The number of nitrogens with one attached hydrogen (secondary N) is 1. The minimum absolute atomic E-state index is 0.205. The maximum Gasteiger partial charge on any atom is 0.0608 e. The minimum Gasteiger partial charge on any atom is -0.379 e. The predicted octanol–water partition coefficient (Wildman–Crippen LogP) is 1.40. The van der Waals surface area contributed by atoms with Crippen LogP contribution >= 0.6 is 0 Å². The molecule has 0 bridgehead atoms. The van der Waals surface area contributed by atoms with Gasteiger partial charge in [0.2, 0.25) is 0 Å². The lowest BCUT2D eigenvalue weighted by atomic mass is 10.0. The van der Waals surface area contributed by atoms with E-state index >= 15 is 0 Å². The lowest BCUT2D eigenvalue weighted by Gasteiger charge is -2.31. The van der Waals surface area contributed by atoms with Crippen molar-refractivity contribution in [2.24, 2.45) is 5.73 Å². The molecular weight excluding hydrogens is 238 g/mol. The van der Waals surface area contributed by atoms with Crippen LogP contribution < -0.4 is 11.2 Å². The Morgan fingerprint density at radius 2 is 2.11 bits per heavy atom. The molecule has 4 heteroatoms. The molecule has 1 saturated heterocycles. The summed E-state index contributed by atoms with van der Waals surface area (Å²) in [6.45, 7) is 4.07. The summed E-state index contributed by atoms with van der Waals surface area (Å²) in [6, 6.07) is 9.10. The molecule has 1 atom stereocenters. The first-order valence-corrected chi connectivity index (χ1v) is 7.25. The minimum atomic E-state index is 0.205. The topological polar surface area (TPSA) is 50.5 Å². The molecule has 1 aliphatic carbocycles. The van der Waals surface area contributed by atoms with Gasteiger partial charge in [0, 0.05) is 19.6 Å². The van der Waals surface area contributed by atoms with Gasteiger partial charge < -0.3 is 10.5 Å². The third-order valence-electron chi connectivity index (χ3n) is 3.95. The molecule has 4 nitrogen and oxygen atoms in total. The number of nitrogens with two attached hydrogens (primary N) is 1. The van der Waals surface area contributed by atoms with E-state index in [1.807, 2.05) is 0 Å². The van der Waals surface area contributed by atoms with Crippen molar-refractivity contribution in [1.29, 1.82) is 0 Å². The molecule has 1 unspecified atom stereocenters. The van der Waals surface area contributed by atoms with Gasteiger partial charge >= 0.3 is 0 Å². The molecule has 1 saturated carbocycles. The van der Waals surface area contributed by atoms with Crippen LogP contribution in [0.25, 0.3) is 0 Å². The number of rotatable bonds is 5. The largest absolute Gasteiger partial charge is 0.379 e. The van der Waals surface area contributed by atoms with Gasteiger partial charge in [-0.05, 0) is 29.9 Å². The number of hydrazine groups is 1. The first kappa shape index (κ1) is 13.1. The number of hydrogen-bond donors (Lipinski definition) is 2. The van der Waals surface area contributed by atoms with Gasteiger partial charge in [-0.25, -0.2) is 10.4 Å². The molecule has 19 heavy (non-hydrogen) atoms. The molecule has 0 radical (unpaired) electrons. The zero-order valence-electron chi connectivity index (χ0n) is 11.3. The molecule has 1 aromatic carbocycles. The van der Waals surface area contributed by atoms with Crippen LogP contribution in [-0.4, -0.2) is 37.9 Å². The predicted molar refractivity (Wildman–Crippen MR) is 75.7 cm³/mol. The molecule has 3 rings (SSSR count). The fourth-order valence-corrected chi connectivity index (χ4v) is 2.62. The fourth-order valence-electron chi connectivity index (χ4n) is 2.62. The summed E-state index contributed by atoms with van der Waals surface area (Å²) < 4.78 is 5.37. The average Bonchev–Trinajstić information content (AvgIpc) is 3.31. The lowest BCUT2D eigenvalue weighted by molar-refractivity contribution is 0.00404. The number of morpholine rings is 1. The molecule has 2 fully saturated rings. The van der Waals surface area contributed by atoms with Crippen LogP contribution in [0.15, 0.2) is 24.3 Å². The van der Waals surface area contributed by atoms with Crippen molar-refractivity contribution in [3.05, 3.63) is 35.4 Å². The number of nitrogens with zero attached hydrogens (tertiary/aromatic N) is 1. The van der Waals surface area contributed by atoms with Gasteiger partial charge in [0.05, 0.1) is 19.3 Å². The van der Waals surface area contributed by atoms with E-state index in [2.05, 4.69) is 34.7 Å². The summed E-state index contributed by atoms with van der Waals surface area (Å²) >= 11 is 0. The average molecular weight is 261 g/mol. The number of hydrogen-bond acceptors (Lipinski definition) is 4. The van der Waals surface area contributed by atoms with Crippen LogP contribution in [0.5, 0.6) is 0 Å². The SMILES string of the molecule is NCC(NN1CCOCC1)c1cccc(C2CC2)c1. The van der Waals surface area contributed by atoms with Crippen molar-refractivity contribution >= 4 is 0 Å². The Morgan fingerprint density at radius 1 is 1.32 bits per heavy atom. The zero-order valence-corrected chi connectivity index (χ0v) is 11.3. The van der Waals surface area contributed by atoms with Crippen molar-refractivity contribution in [2.75, 3.05) is 32.8 Å². The van der Waals surface area contributed by atoms with Crippen LogP contribution in [-0.2, 0) is 4.74 Å². The summed E-state index contributed by atoms with van der Waals surface area (Å²) in [4.78, 5) is 0. The Kier molecular flexibility index (Phi) is 4.13. The van der Waals surface area contributed by atoms with E-state index in [1.54, 1.807) is 0 Å². The van der Waals surface area contributed by atoms with Gasteiger partial charge in [-0.2, -0.15) is 0 Å². The Labute approximate surface area is 114 Å². The first-order valence-electron chi connectivity index (χ1n) is 7.25. The highest BCUT2D eigenvalue weighted by Crippen LogP contribution is 2.40. The number of benzene rings is 1. The quantitative estimate of drug-likeness (QED) is 0.841. The van der Waals surface area contributed by atoms with E-state index in [-0.39, 0.29) is 6.04 Å². The highest BCUT2D eigenvalue weighted by Gasteiger charge is 2.24. The zero-order chi connectivity index (χ0) is 13.1. The summed E-state index contributed by atoms with van der Waals surface area (Å²) in [5.74, 6) is 0.793. The third-order valence-corrected chi connectivity index (χ3v) is 3.95. The molecule has 0 spiro atoms. The van der Waals surface area contributed by atoms with E-state index in [0.29, 0.717) is 6.54 Å². The van der Waals surface area contributed by atoms with Crippen LogP contribution in [0.3, 0.4) is 0 Å². The van der Waals surface area contributed by atoms with E-state index in [1.165, 1.54) is 24.0 Å². The van der Waals surface area contributed by atoms with Crippen molar-refractivity contribution < 1.29 is 4.74 Å². The fraction of sp³-hybridized carbons (Fsp3) is 0.600. The second-order valence-corrected chi connectivity index (χ2v) is 5.46. The molecule has 1 heterocycles. The highest BCUT2D eigenvalue weighted by molar-refractivity contribution is 5.31. The molecule has 1 aromatic rings. The summed E-state index contributed by atoms with van der Waals surface area (Å²) in [5, 5.41) is 2.23. The monoisotopic (exact) mass is 261 g/mol. The normalized spacial score (nSPS) is 22.4. The van der Waals surface area contributed by atoms with Gasteiger partial charge in [-0.1, -0.05) is 24.3 Å². The van der Waals surface area contributed by atoms with Crippen molar-refractivity contribution in [1.82, 2.24) is 10.4 Å². The van der Waals surface area contributed by atoms with Gasteiger partial charge in [0.15, 0.2) is 0 Å². The van der Waals surface area contributed by atoms with Gasteiger partial charge in [0.25, 0.3) is 0 Å². The lowest BCUT2D eigenvalue weighted by Crippen LogP contribution is -2.48. The second kappa shape index (κ2) is 6.01. The molecular formula is C15H23N3O. The molecule has 3 N–H and O–H groups in total. The van der Waals surface area contributed by atoms with E-state index in [9.17, 15) is 0 Å². The molecule has 0 aromatic heterocycles. The standard InChI is InChI=1S/C15H23N3O/c16-11-15(17-18-6-8-19-9-7-18)14-3-1-2-13(10-14)12-4-5-12/h1-3,10,12,15,17H,4-9,11,16H2. The van der Waals surface area contributed by atoms with Crippen LogP contribution in [0.1, 0.15) is 35.9 Å². The number of ether oxygens (including phenoxy) is 1. The molecule has 1 aliphatic heterocycles. The summed E-state index contributed by atoms with van der Waals surface area (Å²) in [5.41, 5.74) is 12.3. The van der Waals surface area contributed by atoms with Gasteiger partial charge in [-0.3, -0.25) is 0 Å². The highest BCUT2D eigenvalue weighted by atomic mass is 16.5. The molecule has 0 amide bonds. The van der Waals surface area contributed by atoms with Gasteiger partial charge in [0.1, 0.15) is 0 Å². The Balaban J connectivity index is 1.68. The molecule has 104 valence electrons. The smallest absolute Gasteiger partial charge is 0.0608 e. The van der Waals surface area contributed by atoms with Crippen LogP contribution in [0.2, 0.25) is 0 Å². The van der Waals surface area contributed by atoms with Crippen LogP contribution in [0.4, 0.5) is 0 Å². The van der Waals surface area contributed by atoms with Gasteiger partial charge in [-0.15, -0.1) is 0 Å². The van der Waals surface area contributed by atoms with E-state index < -0.39 is 0 Å². The third kappa shape index (κ3) is 3.34. The Morgan fingerprint density at radius 3 is 2.79 bits per heavy atom. The first-order chi connectivity index (χ1) is 9.36. The van der Waals surface area contributed by atoms with Crippen LogP contribution in [0, 0.1) is 0 Å². The summed E-state index contributed by atoms with van der Waals surface area (Å²) in [7, 11) is 0. The second-order valence-electron chi connectivity index (χ2n) is 5.46. The maximum atomic E-state index is 5.94. The van der Waals surface area contributed by atoms with Crippen molar-refractivity contribution in [2.45, 2.75) is 24.8 Å². The van der Waals surface area contributed by atoms with E-state index in [4.69, 9.17) is 10.5 Å². The maximum absolute atomic E-state index is 5.94. The van der Waals surface area contributed by atoms with Crippen molar-refractivity contribution in [3.8, 4) is 0 Å².